The summed E-state index contributed by atoms with van der Waals surface area (Å²) in [5, 5.41) is 3.99. The van der Waals surface area contributed by atoms with E-state index in [0.717, 1.165) is 22.2 Å². The highest BCUT2D eigenvalue weighted by Gasteiger charge is 2.24. The summed E-state index contributed by atoms with van der Waals surface area (Å²) < 4.78 is 7.58. The van der Waals surface area contributed by atoms with E-state index < -0.39 is 0 Å². The highest BCUT2D eigenvalue weighted by molar-refractivity contribution is 7.13. The van der Waals surface area contributed by atoms with Crippen molar-refractivity contribution < 1.29 is 9.53 Å². The Morgan fingerprint density at radius 3 is 2.70 bits per heavy atom. The van der Waals surface area contributed by atoms with Crippen LogP contribution in [0.25, 0.3) is 21.6 Å². The fraction of sp³-hybridized carbons (Fsp3) is 0.120. The quantitative estimate of drug-likeness (QED) is 0.291. The monoisotopic (exact) mass is 474 g/mol. The van der Waals surface area contributed by atoms with Crippen molar-refractivity contribution in [2.75, 3.05) is 7.11 Å². The van der Waals surface area contributed by atoms with Gasteiger partial charge in [0.15, 0.2) is 0 Å². The molecule has 0 atom stereocenters. The average Bonchev–Trinajstić information content (AvgIpc) is 3.44. The van der Waals surface area contributed by atoms with Crippen LogP contribution < -0.4 is 4.74 Å². The number of ketones is 1. The minimum atomic E-state index is -0.128. The van der Waals surface area contributed by atoms with E-state index in [1.54, 1.807) is 24.8 Å². The number of benzene rings is 2. The number of aromatic nitrogens is 4. The smallest absolute Gasteiger partial charge is 0.214 e. The number of hydrogen-bond acceptors (Lipinski definition) is 6. The van der Waals surface area contributed by atoms with Crippen LogP contribution in [-0.4, -0.2) is 32.4 Å². The number of nitrogens with zero attached hydrogens (tertiary/aromatic N) is 4. The third-order valence-electron chi connectivity index (χ3n) is 5.55. The van der Waals surface area contributed by atoms with Gasteiger partial charge in [-0.3, -0.25) is 4.79 Å². The van der Waals surface area contributed by atoms with Gasteiger partial charge in [-0.05, 0) is 48.9 Å². The molecule has 0 saturated carbocycles. The first-order valence-electron chi connectivity index (χ1n) is 10.2. The molecule has 33 heavy (non-hydrogen) atoms. The SMILES string of the molecule is COc1ccc2c(c1)c(C(=O)c1csc(-c3ccncn3)n1)c(C)n2Cc1ccc(Cl)cc1. The van der Waals surface area contributed by atoms with E-state index in [9.17, 15) is 4.79 Å². The third-order valence-corrected chi connectivity index (χ3v) is 6.67. The lowest BCUT2D eigenvalue weighted by atomic mass is 10.0. The number of carbonyl (C=O) groups is 1. The van der Waals surface area contributed by atoms with E-state index in [0.29, 0.717) is 39.3 Å². The molecule has 164 valence electrons. The summed E-state index contributed by atoms with van der Waals surface area (Å²) in [5.74, 6) is 0.567. The number of rotatable bonds is 6. The molecule has 5 rings (SSSR count). The number of methoxy groups -OCH3 is 1. The molecule has 3 aromatic heterocycles. The lowest BCUT2D eigenvalue weighted by Gasteiger charge is -2.09. The molecule has 0 amide bonds. The standard InChI is InChI=1S/C25H19ClN4O2S/c1-15-23(24(31)21-13-33-25(29-21)20-9-10-27-14-28-20)19-11-18(32-2)7-8-22(19)30(15)12-16-3-5-17(26)6-4-16/h3-11,13-14H,12H2,1-2H3. The van der Waals surface area contributed by atoms with E-state index in [4.69, 9.17) is 16.3 Å². The predicted molar refractivity (Wildman–Crippen MR) is 130 cm³/mol. The summed E-state index contributed by atoms with van der Waals surface area (Å²) in [6.45, 7) is 2.58. The van der Waals surface area contributed by atoms with Gasteiger partial charge in [-0.2, -0.15) is 0 Å². The maximum absolute atomic E-state index is 13.7. The number of fused-ring (bicyclic) bond motifs is 1. The Hall–Kier alpha value is -3.55. The first-order chi connectivity index (χ1) is 16.0. The van der Waals surface area contributed by atoms with Crippen molar-refractivity contribution in [1.82, 2.24) is 19.5 Å². The Balaban J connectivity index is 1.61. The number of thiazole rings is 1. The molecule has 5 aromatic rings. The molecule has 0 spiro atoms. The summed E-state index contributed by atoms with van der Waals surface area (Å²) >= 11 is 7.44. The fourth-order valence-corrected chi connectivity index (χ4v) is 4.79. The lowest BCUT2D eigenvalue weighted by Crippen LogP contribution is -2.06. The summed E-state index contributed by atoms with van der Waals surface area (Å²) in [6, 6.07) is 15.3. The maximum Gasteiger partial charge on any atom is 0.214 e. The second-order valence-electron chi connectivity index (χ2n) is 7.52. The first kappa shape index (κ1) is 21.3. The largest absolute Gasteiger partial charge is 0.497 e. The second kappa shape index (κ2) is 8.77. The summed E-state index contributed by atoms with van der Waals surface area (Å²) in [5.41, 5.74) is 4.63. The van der Waals surface area contributed by atoms with Gasteiger partial charge in [-0.15, -0.1) is 11.3 Å². The fourth-order valence-electron chi connectivity index (χ4n) is 3.89. The normalized spacial score (nSPS) is 11.1. The van der Waals surface area contributed by atoms with Crippen molar-refractivity contribution in [3.8, 4) is 16.5 Å². The van der Waals surface area contributed by atoms with Crippen LogP contribution in [-0.2, 0) is 6.54 Å². The first-order valence-corrected chi connectivity index (χ1v) is 11.5. The molecular weight excluding hydrogens is 456 g/mol. The van der Waals surface area contributed by atoms with Gasteiger partial charge in [0.1, 0.15) is 28.5 Å². The van der Waals surface area contributed by atoms with Gasteiger partial charge < -0.3 is 9.30 Å². The van der Waals surface area contributed by atoms with E-state index >= 15 is 0 Å². The Kier molecular flexibility index (Phi) is 5.66. The van der Waals surface area contributed by atoms with Gasteiger partial charge >= 0.3 is 0 Å². The molecule has 0 aliphatic carbocycles. The van der Waals surface area contributed by atoms with Crippen molar-refractivity contribution in [1.29, 1.82) is 0 Å². The van der Waals surface area contributed by atoms with E-state index in [1.165, 1.54) is 17.7 Å². The average molecular weight is 475 g/mol. The lowest BCUT2D eigenvalue weighted by molar-refractivity contribution is 0.103. The minimum Gasteiger partial charge on any atom is -0.497 e. The van der Waals surface area contributed by atoms with Crippen LogP contribution >= 0.6 is 22.9 Å². The zero-order valence-corrected chi connectivity index (χ0v) is 19.5. The van der Waals surface area contributed by atoms with Gasteiger partial charge in [-0.25, -0.2) is 15.0 Å². The molecular formula is C25H19ClN4O2S. The maximum atomic E-state index is 13.7. The van der Waals surface area contributed by atoms with E-state index in [2.05, 4.69) is 19.5 Å². The van der Waals surface area contributed by atoms with Crippen LogP contribution in [0.1, 0.15) is 27.3 Å². The molecule has 0 saturated heterocycles. The Morgan fingerprint density at radius 2 is 1.97 bits per heavy atom. The highest BCUT2D eigenvalue weighted by Crippen LogP contribution is 2.33. The van der Waals surface area contributed by atoms with E-state index in [1.807, 2.05) is 49.4 Å². The summed E-state index contributed by atoms with van der Waals surface area (Å²) in [4.78, 5) is 26.4. The van der Waals surface area contributed by atoms with Crippen LogP contribution in [0.4, 0.5) is 0 Å². The van der Waals surface area contributed by atoms with Gasteiger partial charge in [-0.1, -0.05) is 23.7 Å². The molecule has 0 radical (unpaired) electrons. The van der Waals surface area contributed by atoms with Crippen LogP contribution in [0, 0.1) is 6.92 Å². The van der Waals surface area contributed by atoms with Gasteiger partial charge in [0.05, 0.1) is 12.7 Å². The zero-order chi connectivity index (χ0) is 22.9. The zero-order valence-electron chi connectivity index (χ0n) is 17.9. The molecule has 0 fully saturated rings. The van der Waals surface area contributed by atoms with E-state index in [-0.39, 0.29) is 5.78 Å². The molecule has 3 heterocycles. The number of ether oxygens (including phenoxy) is 1. The molecule has 0 N–H and O–H groups in total. The summed E-state index contributed by atoms with van der Waals surface area (Å²) in [7, 11) is 1.62. The molecule has 0 bridgehead atoms. The third kappa shape index (κ3) is 4.01. The van der Waals surface area contributed by atoms with Crippen LogP contribution in [0.2, 0.25) is 5.02 Å². The molecule has 8 heteroatoms. The van der Waals surface area contributed by atoms with Crippen LogP contribution in [0.5, 0.6) is 5.75 Å². The van der Waals surface area contributed by atoms with Crippen molar-refractivity contribution in [3.05, 3.63) is 94.0 Å². The molecule has 0 aliphatic rings. The Labute approximate surface area is 199 Å². The van der Waals surface area contributed by atoms with Crippen LogP contribution in [0.15, 0.2) is 66.4 Å². The minimum absolute atomic E-state index is 0.128. The molecule has 6 nitrogen and oxygen atoms in total. The van der Waals surface area contributed by atoms with Crippen molar-refractivity contribution in [3.63, 3.8) is 0 Å². The van der Waals surface area contributed by atoms with Gasteiger partial charge in [0.2, 0.25) is 5.78 Å². The Bertz CT molecular complexity index is 1460. The topological polar surface area (TPSA) is 69.9 Å². The molecule has 0 aliphatic heterocycles. The van der Waals surface area contributed by atoms with Crippen molar-refractivity contribution in [2.24, 2.45) is 0 Å². The number of halogens is 1. The predicted octanol–water partition coefficient (Wildman–Crippen LogP) is 5.80. The molecule has 2 aromatic carbocycles. The summed E-state index contributed by atoms with van der Waals surface area (Å²) in [6.07, 6.45) is 3.13. The van der Waals surface area contributed by atoms with Gasteiger partial charge in [0.25, 0.3) is 0 Å². The number of carbonyl (C=O) groups excluding carboxylic acids is 1. The molecule has 0 unspecified atom stereocenters. The van der Waals surface area contributed by atoms with Gasteiger partial charge in [0, 0.05) is 39.7 Å². The number of hydrogen-bond donors (Lipinski definition) is 0. The second-order valence-corrected chi connectivity index (χ2v) is 8.81. The van der Waals surface area contributed by atoms with Crippen molar-refractivity contribution >= 4 is 39.6 Å². The Morgan fingerprint density at radius 1 is 1.15 bits per heavy atom. The van der Waals surface area contributed by atoms with Crippen molar-refractivity contribution in [2.45, 2.75) is 13.5 Å². The van der Waals surface area contributed by atoms with Crippen LogP contribution in [0.3, 0.4) is 0 Å². The highest BCUT2D eigenvalue weighted by atomic mass is 35.5.